The van der Waals surface area contributed by atoms with Gasteiger partial charge in [0.25, 0.3) is 10.0 Å². The predicted octanol–water partition coefficient (Wildman–Crippen LogP) is 2.35. The van der Waals surface area contributed by atoms with Crippen molar-refractivity contribution in [2.45, 2.75) is 74.1 Å². The maximum atomic E-state index is 14.1. The van der Waals surface area contributed by atoms with Crippen molar-refractivity contribution < 1.29 is 42.2 Å². The fraction of sp³-hybridized carbons (Fsp3) is 0.562. The molecule has 47 heavy (non-hydrogen) atoms. The molecule has 0 aromatic heterocycles. The zero-order valence-corrected chi connectivity index (χ0v) is 27.3. The molecule has 2 aromatic carbocycles. The summed E-state index contributed by atoms with van der Waals surface area (Å²) >= 11 is 0. The highest BCUT2D eigenvalue weighted by atomic mass is 32.2. The SMILES string of the molecule is CNC(=O)NCCNc1cccc(S(=O)(=O)N(C[C@H](O)[C@H](Cc2ccccc2)NC(=O)O[C@H]2CO[C@H]3OCC[C@H]32)OC2CCCC2)c1. The molecule has 1 aliphatic carbocycles. The number of carbonyl (C=O) groups excluding carboxylic acids is 2. The Bertz CT molecular complexity index is 1430. The van der Waals surface area contributed by atoms with Crippen LogP contribution >= 0.6 is 0 Å². The van der Waals surface area contributed by atoms with Crippen LogP contribution in [0, 0.1) is 5.92 Å². The molecule has 0 unspecified atom stereocenters. The number of hydroxylamine groups is 1. The largest absolute Gasteiger partial charge is 0.443 e. The predicted molar refractivity (Wildman–Crippen MR) is 172 cm³/mol. The van der Waals surface area contributed by atoms with Gasteiger partial charge in [-0.1, -0.05) is 53.7 Å². The Morgan fingerprint density at radius 1 is 1.04 bits per heavy atom. The number of aliphatic hydroxyl groups excluding tert-OH is 1. The normalized spacial score (nSPS) is 22.4. The van der Waals surface area contributed by atoms with Gasteiger partial charge in [0.05, 0.1) is 48.8 Å². The number of nitrogens with one attached hydrogen (secondary N) is 4. The summed E-state index contributed by atoms with van der Waals surface area (Å²) in [5.41, 5.74) is 1.37. The van der Waals surface area contributed by atoms with E-state index < -0.39 is 47.2 Å². The summed E-state index contributed by atoms with van der Waals surface area (Å²) < 4.78 is 45.8. The molecule has 3 fully saturated rings. The second-order valence-electron chi connectivity index (χ2n) is 11.9. The van der Waals surface area contributed by atoms with Gasteiger partial charge in [-0.05, 0) is 49.4 Å². The van der Waals surface area contributed by atoms with Crippen molar-refractivity contribution in [3.8, 4) is 0 Å². The van der Waals surface area contributed by atoms with Crippen LogP contribution in [0.1, 0.15) is 37.7 Å². The van der Waals surface area contributed by atoms with E-state index in [4.69, 9.17) is 19.0 Å². The molecular weight excluding hydrogens is 630 g/mol. The first-order valence-electron chi connectivity index (χ1n) is 16.1. The number of alkyl carbamates (subject to hydrolysis) is 1. The Labute approximate surface area is 275 Å². The van der Waals surface area contributed by atoms with E-state index in [-0.39, 0.29) is 36.0 Å². The number of ether oxygens (including phenoxy) is 3. The van der Waals surface area contributed by atoms with Crippen LogP contribution in [-0.4, -0.2) is 101 Å². The van der Waals surface area contributed by atoms with Gasteiger partial charge in [0.2, 0.25) is 0 Å². The zero-order valence-electron chi connectivity index (χ0n) is 26.5. The average molecular weight is 676 g/mol. The molecule has 5 N–H and O–H groups in total. The number of aliphatic hydroxyl groups is 1. The summed E-state index contributed by atoms with van der Waals surface area (Å²) in [5.74, 6) is -0.0592. The standard InChI is InChI=1S/C32H45N5O9S/c1-33-31(39)35-16-15-34-23-10-7-13-25(19-23)47(41,42)37(46-24-11-5-6-12-24)20-28(38)27(18-22-8-3-2-4-9-22)36-32(40)45-29-21-44-30-26(29)14-17-43-30/h2-4,7-10,13,19,24,26-30,34,38H,5-6,11-12,14-18,20-21H2,1H3,(H,36,40)(H2,33,35,39)/t26-,27-,28-,29-,30+/m0/s1. The lowest BCUT2D eigenvalue weighted by Gasteiger charge is -2.31. The molecule has 0 bridgehead atoms. The molecule has 5 rings (SSSR count). The van der Waals surface area contributed by atoms with Gasteiger partial charge < -0.3 is 40.6 Å². The molecular formula is C32H45N5O9S. The first-order chi connectivity index (χ1) is 22.7. The number of rotatable bonds is 15. The van der Waals surface area contributed by atoms with Crippen molar-refractivity contribution in [3.63, 3.8) is 0 Å². The van der Waals surface area contributed by atoms with Crippen LogP contribution in [0.5, 0.6) is 0 Å². The Kier molecular flexibility index (Phi) is 12.3. The Hall–Kier alpha value is -3.47. The molecule has 2 aliphatic heterocycles. The van der Waals surface area contributed by atoms with Crippen LogP contribution < -0.4 is 21.3 Å². The number of urea groups is 1. The second-order valence-corrected chi connectivity index (χ2v) is 13.8. The third-order valence-corrected chi connectivity index (χ3v) is 10.2. The summed E-state index contributed by atoms with van der Waals surface area (Å²) in [7, 11) is -2.74. The van der Waals surface area contributed by atoms with Crippen molar-refractivity contribution in [1.82, 2.24) is 20.4 Å². The van der Waals surface area contributed by atoms with Crippen LogP contribution in [0.2, 0.25) is 0 Å². The summed E-state index contributed by atoms with van der Waals surface area (Å²) in [5, 5.41) is 22.6. The Morgan fingerprint density at radius 2 is 1.83 bits per heavy atom. The number of hydrogen-bond acceptors (Lipinski definition) is 10. The third kappa shape index (κ3) is 9.55. The average Bonchev–Trinajstić information content (AvgIpc) is 3.84. The van der Waals surface area contributed by atoms with E-state index in [0.717, 1.165) is 22.9 Å². The van der Waals surface area contributed by atoms with Gasteiger partial charge in [0.1, 0.15) is 6.10 Å². The van der Waals surface area contributed by atoms with Gasteiger partial charge in [-0.3, -0.25) is 4.84 Å². The van der Waals surface area contributed by atoms with Crippen molar-refractivity contribution in [1.29, 1.82) is 0 Å². The fourth-order valence-corrected chi connectivity index (χ4v) is 7.36. The zero-order chi connectivity index (χ0) is 33.2. The topological polar surface area (TPSA) is 177 Å². The highest BCUT2D eigenvalue weighted by Crippen LogP contribution is 2.33. The first kappa shape index (κ1) is 34.9. The molecule has 258 valence electrons. The van der Waals surface area contributed by atoms with Crippen LogP contribution in [0.15, 0.2) is 59.5 Å². The van der Waals surface area contributed by atoms with Crippen LogP contribution in [0.4, 0.5) is 15.3 Å². The molecule has 15 heteroatoms. The lowest BCUT2D eigenvalue weighted by Crippen LogP contribution is -2.51. The maximum Gasteiger partial charge on any atom is 0.407 e. The summed E-state index contributed by atoms with van der Waals surface area (Å²) in [6, 6.07) is 14.3. The van der Waals surface area contributed by atoms with Crippen molar-refractivity contribution >= 4 is 27.8 Å². The minimum Gasteiger partial charge on any atom is -0.443 e. The summed E-state index contributed by atoms with van der Waals surface area (Å²) in [4.78, 5) is 30.6. The van der Waals surface area contributed by atoms with Gasteiger partial charge in [0, 0.05) is 25.8 Å². The van der Waals surface area contributed by atoms with Crippen molar-refractivity contribution in [2.75, 3.05) is 45.2 Å². The highest BCUT2D eigenvalue weighted by molar-refractivity contribution is 7.89. The fourth-order valence-electron chi connectivity index (χ4n) is 6.01. The summed E-state index contributed by atoms with van der Waals surface area (Å²) in [6.45, 7) is 0.998. The number of carbonyl (C=O) groups is 2. The molecule has 1 saturated carbocycles. The van der Waals surface area contributed by atoms with E-state index in [1.54, 1.807) is 12.1 Å². The molecule has 14 nitrogen and oxygen atoms in total. The minimum absolute atomic E-state index is 0.0338. The first-order valence-corrected chi connectivity index (χ1v) is 17.6. The minimum atomic E-state index is -4.26. The number of sulfonamides is 1. The molecule has 3 aliphatic rings. The smallest absolute Gasteiger partial charge is 0.407 e. The lowest BCUT2D eigenvalue weighted by atomic mass is 10.0. The monoisotopic (exact) mass is 675 g/mol. The Balaban J connectivity index is 1.31. The molecule has 3 amide bonds. The van der Waals surface area contributed by atoms with Gasteiger partial charge >= 0.3 is 12.1 Å². The molecule has 2 aromatic rings. The van der Waals surface area contributed by atoms with Gasteiger partial charge in [-0.15, -0.1) is 0 Å². The molecule has 0 spiro atoms. The maximum absolute atomic E-state index is 14.1. The molecule has 2 heterocycles. The van der Waals surface area contributed by atoms with Crippen molar-refractivity contribution in [2.24, 2.45) is 5.92 Å². The van der Waals surface area contributed by atoms with Crippen LogP contribution in [-0.2, 0) is 35.5 Å². The molecule has 2 saturated heterocycles. The van der Waals surface area contributed by atoms with E-state index in [9.17, 15) is 23.1 Å². The number of amides is 3. The molecule has 0 radical (unpaired) electrons. The van der Waals surface area contributed by atoms with Gasteiger partial charge in [0.15, 0.2) is 6.29 Å². The second kappa shape index (κ2) is 16.6. The van der Waals surface area contributed by atoms with E-state index in [0.29, 0.717) is 44.6 Å². The number of anilines is 1. The van der Waals surface area contributed by atoms with Gasteiger partial charge in [-0.2, -0.15) is 0 Å². The quantitative estimate of drug-likeness (QED) is 0.139. The summed E-state index contributed by atoms with van der Waals surface area (Å²) in [6.07, 6.45) is 0.827. The van der Waals surface area contributed by atoms with E-state index in [1.165, 1.54) is 19.2 Å². The number of nitrogens with zero attached hydrogens (tertiary/aromatic N) is 1. The van der Waals surface area contributed by atoms with E-state index >= 15 is 0 Å². The number of benzene rings is 2. The van der Waals surface area contributed by atoms with Crippen LogP contribution in [0.25, 0.3) is 0 Å². The van der Waals surface area contributed by atoms with Gasteiger partial charge in [-0.25, -0.2) is 18.0 Å². The van der Waals surface area contributed by atoms with Crippen LogP contribution in [0.3, 0.4) is 0 Å². The number of fused-ring (bicyclic) bond motifs is 1. The van der Waals surface area contributed by atoms with E-state index in [1.807, 2.05) is 30.3 Å². The highest BCUT2D eigenvalue weighted by Gasteiger charge is 2.44. The Morgan fingerprint density at radius 3 is 2.60 bits per heavy atom. The van der Waals surface area contributed by atoms with E-state index in [2.05, 4.69) is 21.3 Å². The molecule has 5 atom stereocenters. The lowest BCUT2D eigenvalue weighted by molar-refractivity contribution is -0.145. The third-order valence-electron chi connectivity index (χ3n) is 8.58. The van der Waals surface area contributed by atoms with Crippen molar-refractivity contribution in [3.05, 3.63) is 60.2 Å². The number of hydrogen-bond donors (Lipinski definition) is 5.